The van der Waals surface area contributed by atoms with Gasteiger partial charge in [-0.2, -0.15) is 0 Å². The van der Waals surface area contributed by atoms with Gasteiger partial charge in [-0.3, -0.25) is 38.5 Å². The Bertz CT molecular complexity index is 1140. The summed E-state index contributed by atoms with van der Waals surface area (Å²) in [4.78, 5) is 86.3. The number of benzene rings is 1. The largest absolute Gasteiger partial charge is 0.480 e. The lowest BCUT2D eigenvalue weighted by atomic mass is 9.88. The van der Waals surface area contributed by atoms with Crippen molar-refractivity contribution >= 4 is 41.2 Å². The average Bonchev–Trinajstić information content (AvgIpc) is 3.26. The zero-order valence-corrected chi connectivity index (χ0v) is 24.3. The molecule has 11 nitrogen and oxygen atoms in total. The van der Waals surface area contributed by atoms with Crippen LogP contribution in [0.5, 0.6) is 0 Å². The van der Waals surface area contributed by atoms with Crippen LogP contribution in [0.2, 0.25) is 0 Å². The molecule has 3 N–H and O–H groups in total. The number of Topliss-reactive ketones (excluding diaryl/α,β-unsaturated/α-hetero) is 2. The number of hydrogen-bond donors (Lipinski definition) is 3. The van der Waals surface area contributed by atoms with Crippen LogP contribution in [0.25, 0.3) is 0 Å². The van der Waals surface area contributed by atoms with E-state index in [0.717, 1.165) is 10.5 Å². The van der Waals surface area contributed by atoms with Gasteiger partial charge >= 0.3 is 5.97 Å². The van der Waals surface area contributed by atoms with Crippen molar-refractivity contribution in [2.24, 2.45) is 11.8 Å². The van der Waals surface area contributed by atoms with Gasteiger partial charge in [0.2, 0.25) is 11.8 Å². The van der Waals surface area contributed by atoms with Crippen LogP contribution in [-0.4, -0.2) is 70.3 Å². The first kappa shape index (κ1) is 34.1. The number of nitrogens with zero attached hydrogens (tertiary/aromatic N) is 1. The molecule has 0 saturated heterocycles. The fraction of sp³-hybridized carbons (Fsp3) is 0.516. The van der Waals surface area contributed by atoms with Crippen molar-refractivity contribution in [3.8, 4) is 0 Å². The third-order valence-electron chi connectivity index (χ3n) is 6.86. The molecule has 0 radical (unpaired) electrons. The van der Waals surface area contributed by atoms with Gasteiger partial charge in [-0.25, -0.2) is 0 Å². The molecule has 0 saturated carbocycles. The Labute approximate surface area is 246 Å². The van der Waals surface area contributed by atoms with Gasteiger partial charge in [0, 0.05) is 50.3 Å². The van der Waals surface area contributed by atoms with Crippen molar-refractivity contribution in [1.82, 2.24) is 15.5 Å². The number of amides is 4. The van der Waals surface area contributed by atoms with Crippen molar-refractivity contribution in [1.29, 1.82) is 0 Å². The Morgan fingerprint density at radius 1 is 0.881 bits per heavy atom. The SMILES string of the molecule is CC(C)C[C@H](CC(=O)[C@H](Cc1ccccc1)NC(=O)CCC(=O)CCCCCN1C(=O)C=CC1=O)C(=O)NCC(=O)O. The van der Waals surface area contributed by atoms with E-state index in [1.165, 1.54) is 12.2 Å². The standard InChI is InChI=1S/C31H41N3O8/c1-21(2)17-23(31(42)32-20-30(40)41)19-26(36)25(18-22-9-5-3-6-10-22)33-27(37)13-12-24(35)11-7-4-8-16-34-28(38)14-15-29(34)39/h3,5-6,9-10,14-15,21,23,25H,4,7-8,11-13,16-20H2,1-2H3,(H,32,42)(H,33,37)(H,40,41)/t23-,25+/m1/s1. The molecule has 1 aromatic carbocycles. The van der Waals surface area contributed by atoms with E-state index < -0.39 is 36.3 Å². The summed E-state index contributed by atoms with van der Waals surface area (Å²) in [7, 11) is 0. The zero-order chi connectivity index (χ0) is 31.1. The van der Waals surface area contributed by atoms with Crippen LogP contribution in [0.3, 0.4) is 0 Å². The van der Waals surface area contributed by atoms with Crippen molar-refractivity contribution in [2.45, 2.75) is 77.7 Å². The molecular weight excluding hydrogens is 542 g/mol. The van der Waals surface area contributed by atoms with Gasteiger partial charge in [0.15, 0.2) is 5.78 Å². The summed E-state index contributed by atoms with van der Waals surface area (Å²) >= 11 is 0. The van der Waals surface area contributed by atoms with Crippen molar-refractivity contribution in [3.63, 3.8) is 0 Å². The number of hydrogen-bond acceptors (Lipinski definition) is 7. The minimum atomic E-state index is -1.19. The fourth-order valence-corrected chi connectivity index (χ4v) is 4.70. The van der Waals surface area contributed by atoms with Gasteiger partial charge in [0.05, 0.1) is 6.04 Å². The van der Waals surface area contributed by atoms with Crippen molar-refractivity contribution in [3.05, 3.63) is 48.0 Å². The van der Waals surface area contributed by atoms with E-state index in [9.17, 15) is 33.6 Å². The highest BCUT2D eigenvalue weighted by Crippen LogP contribution is 2.19. The molecule has 0 fully saturated rings. The van der Waals surface area contributed by atoms with Crippen LogP contribution in [0, 0.1) is 11.8 Å². The van der Waals surface area contributed by atoms with Gasteiger partial charge in [-0.15, -0.1) is 0 Å². The first-order valence-electron chi connectivity index (χ1n) is 14.4. The van der Waals surface area contributed by atoms with E-state index in [4.69, 9.17) is 5.11 Å². The van der Waals surface area contributed by atoms with Gasteiger partial charge in [-0.05, 0) is 37.2 Å². The maximum Gasteiger partial charge on any atom is 0.322 e. The molecule has 42 heavy (non-hydrogen) atoms. The Balaban J connectivity index is 1.89. The second-order valence-corrected chi connectivity index (χ2v) is 10.9. The molecule has 11 heteroatoms. The van der Waals surface area contributed by atoms with Crippen LogP contribution < -0.4 is 10.6 Å². The van der Waals surface area contributed by atoms with Gasteiger partial charge in [-0.1, -0.05) is 50.6 Å². The lowest BCUT2D eigenvalue weighted by molar-refractivity contribution is -0.139. The van der Waals surface area contributed by atoms with E-state index in [1.54, 1.807) is 0 Å². The van der Waals surface area contributed by atoms with Crippen molar-refractivity contribution in [2.75, 3.05) is 13.1 Å². The minimum Gasteiger partial charge on any atom is -0.480 e. The molecule has 1 heterocycles. The first-order chi connectivity index (χ1) is 20.0. The maximum atomic E-state index is 13.4. The Morgan fingerprint density at radius 3 is 2.17 bits per heavy atom. The molecule has 4 amide bonds. The number of carbonyl (C=O) groups excluding carboxylic acids is 6. The maximum absolute atomic E-state index is 13.4. The number of carboxylic acid groups (broad SMARTS) is 1. The molecule has 2 rings (SSSR count). The smallest absolute Gasteiger partial charge is 0.322 e. The summed E-state index contributed by atoms with van der Waals surface area (Å²) in [5, 5.41) is 14.0. The van der Waals surface area contributed by atoms with Crippen LogP contribution >= 0.6 is 0 Å². The molecule has 0 aliphatic carbocycles. The third kappa shape index (κ3) is 12.6. The van der Waals surface area contributed by atoms with E-state index in [0.29, 0.717) is 32.2 Å². The molecule has 0 unspecified atom stereocenters. The topological polar surface area (TPSA) is 167 Å². The molecule has 228 valence electrons. The third-order valence-corrected chi connectivity index (χ3v) is 6.86. The van der Waals surface area contributed by atoms with Crippen LogP contribution in [0.15, 0.2) is 42.5 Å². The molecule has 1 aromatic rings. The highest BCUT2D eigenvalue weighted by atomic mass is 16.4. The Kier molecular flexibility index (Phi) is 14.3. The zero-order valence-electron chi connectivity index (χ0n) is 24.3. The summed E-state index contributed by atoms with van der Waals surface area (Å²) in [5.41, 5.74) is 0.816. The first-order valence-corrected chi connectivity index (χ1v) is 14.4. The highest BCUT2D eigenvalue weighted by Gasteiger charge is 2.29. The number of aliphatic carboxylic acids is 1. The molecule has 0 bridgehead atoms. The molecule has 1 aliphatic rings. The number of carboxylic acids is 1. The summed E-state index contributed by atoms with van der Waals surface area (Å²) in [6.07, 6.45) is 4.89. The summed E-state index contributed by atoms with van der Waals surface area (Å²) in [6, 6.07) is 8.20. The summed E-state index contributed by atoms with van der Waals surface area (Å²) < 4.78 is 0. The van der Waals surface area contributed by atoms with Crippen LogP contribution in [0.4, 0.5) is 0 Å². The quantitative estimate of drug-likeness (QED) is 0.155. The second-order valence-electron chi connectivity index (χ2n) is 10.9. The van der Waals surface area contributed by atoms with E-state index in [1.807, 2.05) is 44.2 Å². The molecule has 2 atom stereocenters. The molecule has 1 aliphatic heterocycles. The number of imide groups is 1. The average molecular weight is 584 g/mol. The predicted octanol–water partition coefficient (Wildman–Crippen LogP) is 2.37. The number of carbonyl (C=O) groups is 7. The van der Waals surface area contributed by atoms with Crippen LogP contribution in [0.1, 0.15) is 70.8 Å². The molecule has 0 spiro atoms. The Morgan fingerprint density at radius 2 is 1.55 bits per heavy atom. The van der Waals surface area contributed by atoms with Gasteiger partial charge < -0.3 is 15.7 Å². The monoisotopic (exact) mass is 583 g/mol. The second kappa shape index (κ2) is 17.6. The Hall–Kier alpha value is -4.15. The predicted molar refractivity (Wildman–Crippen MR) is 154 cm³/mol. The normalized spacial score (nSPS) is 14.1. The summed E-state index contributed by atoms with van der Waals surface area (Å²) in [5.74, 6) is -3.93. The number of unbranched alkanes of at least 4 members (excludes halogenated alkanes) is 2. The summed E-state index contributed by atoms with van der Waals surface area (Å²) in [6.45, 7) is 3.55. The van der Waals surface area contributed by atoms with E-state index in [-0.39, 0.29) is 61.4 Å². The highest BCUT2D eigenvalue weighted by molar-refractivity contribution is 6.12. The minimum absolute atomic E-state index is 0.0126. The lowest BCUT2D eigenvalue weighted by Gasteiger charge is -2.22. The molecule has 0 aromatic heterocycles. The van der Waals surface area contributed by atoms with Crippen LogP contribution in [-0.2, 0) is 40.0 Å². The van der Waals surface area contributed by atoms with Gasteiger partial charge in [0.1, 0.15) is 12.3 Å². The van der Waals surface area contributed by atoms with E-state index in [2.05, 4.69) is 10.6 Å². The number of rotatable bonds is 20. The fourth-order valence-electron chi connectivity index (χ4n) is 4.70. The van der Waals surface area contributed by atoms with E-state index >= 15 is 0 Å². The molecular formula is C31H41N3O8. The lowest BCUT2D eigenvalue weighted by Crippen LogP contribution is -2.44. The van der Waals surface area contributed by atoms with Crippen molar-refractivity contribution < 1.29 is 38.7 Å². The van der Waals surface area contributed by atoms with Gasteiger partial charge in [0.25, 0.3) is 11.8 Å². The number of nitrogens with one attached hydrogen (secondary N) is 2. The number of ketones is 2.